The van der Waals surface area contributed by atoms with Crippen molar-refractivity contribution in [3.63, 3.8) is 0 Å². The summed E-state index contributed by atoms with van der Waals surface area (Å²) >= 11 is 0. The summed E-state index contributed by atoms with van der Waals surface area (Å²) in [5.41, 5.74) is 1.02. The van der Waals surface area contributed by atoms with E-state index in [2.05, 4.69) is 0 Å². The molecule has 5 heteroatoms. The maximum absolute atomic E-state index is 13.6. The summed E-state index contributed by atoms with van der Waals surface area (Å²) in [5, 5.41) is 11.4. The summed E-state index contributed by atoms with van der Waals surface area (Å²) < 4.78 is 25.5. The normalized spacial score (nSPS) is 32.4. The second-order valence-electron chi connectivity index (χ2n) is 6.52. The molecule has 4 nitrogen and oxygen atoms in total. The van der Waals surface area contributed by atoms with E-state index >= 15 is 0 Å². The lowest BCUT2D eigenvalue weighted by Gasteiger charge is -2.43. The Morgan fingerprint density at radius 1 is 1.08 bits per heavy atom. The van der Waals surface area contributed by atoms with Gasteiger partial charge in [-0.1, -0.05) is 62.4 Å². The van der Waals surface area contributed by atoms with E-state index in [9.17, 15) is 9.67 Å². The number of rotatable bonds is 5. The third-order valence-corrected chi connectivity index (χ3v) is 7.43. The van der Waals surface area contributed by atoms with Gasteiger partial charge in [-0.05, 0) is 24.1 Å². The molecule has 0 spiro atoms. The molecule has 1 fully saturated rings. The van der Waals surface area contributed by atoms with Crippen molar-refractivity contribution in [2.45, 2.75) is 44.9 Å². The number of benzene rings is 2. The number of ether oxygens (including phenoxy) is 1. The van der Waals surface area contributed by atoms with Crippen molar-refractivity contribution < 1.29 is 18.9 Å². The van der Waals surface area contributed by atoms with Crippen LogP contribution in [-0.4, -0.2) is 23.2 Å². The molecule has 0 amide bonds. The molecule has 1 saturated heterocycles. The van der Waals surface area contributed by atoms with Crippen LogP contribution in [0.2, 0.25) is 0 Å². The fourth-order valence-corrected chi connectivity index (χ4v) is 5.96. The van der Waals surface area contributed by atoms with Gasteiger partial charge in [0.05, 0.1) is 18.8 Å². The standard InChI is InChI=1S/C20H25O4P/c1-3-18-15(2)19(23-14-16-10-6-4-7-11-16)20(21)25(22,24-18)17-12-8-5-9-13-17/h4-13,15,18-21H,3,14H2,1-2H3/t15-,18-,19+,20+,25+/m1/s1. The van der Waals surface area contributed by atoms with Gasteiger partial charge in [0.1, 0.15) is 0 Å². The highest BCUT2D eigenvalue weighted by atomic mass is 31.2. The second-order valence-corrected chi connectivity index (χ2v) is 8.97. The minimum Gasteiger partial charge on any atom is -0.380 e. The lowest BCUT2D eigenvalue weighted by Crippen LogP contribution is -2.48. The first kappa shape index (κ1) is 18.3. The van der Waals surface area contributed by atoms with Crippen LogP contribution in [0.3, 0.4) is 0 Å². The van der Waals surface area contributed by atoms with Gasteiger partial charge < -0.3 is 14.4 Å². The zero-order valence-corrected chi connectivity index (χ0v) is 15.5. The summed E-state index contributed by atoms with van der Waals surface area (Å²) in [6.07, 6.45) is -0.0317. The molecule has 3 rings (SSSR count). The molecule has 25 heavy (non-hydrogen) atoms. The molecule has 0 aromatic heterocycles. The van der Waals surface area contributed by atoms with E-state index in [1.807, 2.05) is 62.4 Å². The van der Waals surface area contributed by atoms with Crippen molar-refractivity contribution >= 4 is 12.7 Å². The molecular weight excluding hydrogens is 335 g/mol. The van der Waals surface area contributed by atoms with E-state index in [4.69, 9.17) is 9.26 Å². The highest BCUT2D eigenvalue weighted by Crippen LogP contribution is 2.58. The highest BCUT2D eigenvalue weighted by Gasteiger charge is 2.51. The average Bonchev–Trinajstić information content (AvgIpc) is 2.66. The van der Waals surface area contributed by atoms with Crippen molar-refractivity contribution in [3.05, 3.63) is 66.2 Å². The highest BCUT2D eigenvalue weighted by molar-refractivity contribution is 7.67. The summed E-state index contributed by atoms with van der Waals surface area (Å²) in [6, 6.07) is 18.8. The fourth-order valence-electron chi connectivity index (χ4n) is 3.34. The third kappa shape index (κ3) is 3.73. The van der Waals surface area contributed by atoms with Gasteiger partial charge in [0, 0.05) is 11.2 Å². The van der Waals surface area contributed by atoms with Crippen LogP contribution in [0.25, 0.3) is 0 Å². The Labute approximate surface area is 149 Å². The van der Waals surface area contributed by atoms with Crippen LogP contribution in [0, 0.1) is 5.92 Å². The molecule has 0 aliphatic carbocycles. The Balaban J connectivity index is 1.86. The van der Waals surface area contributed by atoms with E-state index in [1.54, 1.807) is 12.1 Å². The van der Waals surface area contributed by atoms with Crippen molar-refractivity contribution in [3.8, 4) is 0 Å². The number of aliphatic hydroxyl groups is 1. The van der Waals surface area contributed by atoms with Crippen molar-refractivity contribution in [1.29, 1.82) is 0 Å². The minimum absolute atomic E-state index is 0.0468. The quantitative estimate of drug-likeness (QED) is 0.821. The summed E-state index contributed by atoms with van der Waals surface area (Å²) in [6.45, 7) is 4.36. The van der Waals surface area contributed by atoms with Gasteiger partial charge in [-0.2, -0.15) is 0 Å². The zero-order chi connectivity index (χ0) is 17.9. The van der Waals surface area contributed by atoms with Gasteiger partial charge in [0.15, 0.2) is 5.85 Å². The van der Waals surface area contributed by atoms with Crippen molar-refractivity contribution in [1.82, 2.24) is 0 Å². The monoisotopic (exact) mass is 360 g/mol. The summed E-state index contributed by atoms with van der Waals surface area (Å²) in [4.78, 5) is 0. The van der Waals surface area contributed by atoms with Gasteiger partial charge in [-0.15, -0.1) is 0 Å². The molecule has 2 aromatic carbocycles. The first-order valence-electron chi connectivity index (χ1n) is 8.73. The summed E-state index contributed by atoms with van der Waals surface area (Å²) in [5.74, 6) is -1.22. The molecule has 134 valence electrons. The molecule has 0 saturated carbocycles. The Kier molecular flexibility index (Phi) is 5.75. The summed E-state index contributed by atoms with van der Waals surface area (Å²) in [7, 11) is -3.41. The number of hydrogen-bond acceptors (Lipinski definition) is 4. The molecule has 1 N–H and O–H groups in total. The largest absolute Gasteiger partial charge is 0.380 e. The van der Waals surface area contributed by atoms with Gasteiger partial charge >= 0.3 is 0 Å². The lowest BCUT2D eigenvalue weighted by molar-refractivity contribution is -0.0937. The predicted molar refractivity (Wildman–Crippen MR) is 99.0 cm³/mol. The second kappa shape index (κ2) is 7.84. The fraction of sp³-hybridized carbons (Fsp3) is 0.400. The molecule has 2 aromatic rings. The Morgan fingerprint density at radius 2 is 1.68 bits per heavy atom. The average molecular weight is 360 g/mol. The molecule has 1 aliphatic rings. The maximum Gasteiger partial charge on any atom is 0.262 e. The van der Waals surface area contributed by atoms with Crippen LogP contribution >= 0.6 is 7.37 Å². The van der Waals surface area contributed by atoms with Crippen LogP contribution < -0.4 is 5.30 Å². The first-order chi connectivity index (χ1) is 12.1. The molecule has 0 radical (unpaired) electrons. The van der Waals surface area contributed by atoms with E-state index in [1.165, 1.54) is 0 Å². The molecule has 1 aliphatic heterocycles. The molecule has 5 atom stereocenters. The van der Waals surface area contributed by atoms with Gasteiger partial charge in [-0.3, -0.25) is 4.57 Å². The third-order valence-electron chi connectivity index (χ3n) is 4.84. The minimum atomic E-state index is -3.41. The topological polar surface area (TPSA) is 55.8 Å². The Morgan fingerprint density at radius 3 is 2.28 bits per heavy atom. The van der Waals surface area contributed by atoms with Crippen LogP contribution in [0.15, 0.2) is 60.7 Å². The molecule has 0 unspecified atom stereocenters. The van der Waals surface area contributed by atoms with E-state index in [-0.39, 0.29) is 12.0 Å². The maximum atomic E-state index is 13.6. The molecule has 1 heterocycles. The Bertz CT molecular complexity index is 719. The van der Waals surface area contributed by atoms with Crippen LogP contribution in [0.1, 0.15) is 25.8 Å². The van der Waals surface area contributed by atoms with Crippen LogP contribution in [-0.2, 0) is 20.4 Å². The Hall–Kier alpha value is -1.45. The SMILES string of the molecule is CC[C@H]1O[P@@](=O)(c2ccccc2)[C@H](O)[C@@H](OCc2ccccc2)[C@@H]1C. The van der Waals surface area contributed by atoms with E-state index < -0.39 is 19.3 Å². The lowest BCUT2D eigenvalue weighted by atomic mass is 9.96. The smallest absolute Gasteiger partial charge is 0.262 e. The van der Waals surface area contributed by atoms with Crippen LogP contribution in [0.4, 0.5) is 0 Å². The molecular formula is C20H25O4P. The van der Waals surface area contributed by atoms with Crippen molar-refractivity contribution in [2.24, 2.45) is 5.92 Å². The first-order valence-corrected chi connectivity index (χ1v) is 10.4. The van der Waals surface area contributed by atoms with Gasteiger partial charge in [-0.25, -0.2) is 0 Å². The van der Waals surface area contributed by atoms with Gasteiger partial charge in [0.2, 0.25) is 0 Å². The number of hydrogen-bond donors (Lipinski definition) is 1. The van der Waals surface area contributed by atoms with E-state index in [0.29, 0.717) is 11.9 Å². The zero-order valence-electron chi connectivity index (χ0n) is 14.6. The molecule has 0 bridgehead atoms. The predicted octanol–water partition coefficient (Wildman–Crippen LogP) is 3.94. The van der Waals surface area contributed by atoms with E-state index in [0.717, 1.165) is 12.0 Å². The van der Waals surface area contributed by atoms with Crippen LogP contribution in [0.5, 0.6) is 0 Å². The van der Waals surface area contributed by atoms with Crippen molar-refractivity contribution in [2.75, 3.05) is 0 Å². The van der Waals surface area contributed by atoms with Gasteiger partial charge in [0.25, 0.3) is 7.37 Å². The number of aliphatic hydroxyl groups excluding tert-OH is 1.